The minimum Gasteiger partial charge on any atom is -0.461 e. The van der Waals surface area contributed by atoms with E-state index < -0.39 is 11.9 Å². The molecule has 0 spiro atoms. The molecule has 0 radical (unpaired) electrons. The molecule has 0 aliphatic rings. The Morgan fingerprint density at radius 1 is 0.714 bits per heavy atom. The molecule has 2 aromatic carbocycles. The van der Waals surface area contributed by atoms with Crippen LogP contribution in [0.15, 0.2) is 72.8 Å². The molecule has 148 valence electrons. The van der Waals surface area contributed by atoms with Crippen molar-refractivity contribution in [1.29, 1.82) is 0 Å². The number of benzene rings is 2. The predicted octanol–water partition coefficient (Wildman–Crippen LogP) is 2.90. The van der Waals surface area contributed by atoms with Gasteiger partial charge in [0.1, 0.15) is 13.2 Å². The van der Waals surface area contributed by atoms with Gasteiger partial charge in [-0.3, -0.25) is 0 Å². The second-order valence-electron chi connectivity index (χ2n) is 6.18. The monoisotopic (exact) mass is 382 g/mol. The average molecular weight is 382 g/mol. The minimum absolute atomic E-state index is 0.228. The highest BCUT2D eigenvalue weighted by Gasteiger charge is 2.05. The minimum atomic E-state index is -0.570. The molecule has 0 aliphatic carbocycles. The standard InChI is InChI=1S/C22H26N2O4/c1-23(19-9-5-3-6-10-19)15-17-27-21(25)13-14-22(26)28-18-16-24(2)20-11-7-4-8-12-20/h3-14H,15-18H2,1-2H3/b14-13+. The van der Waals surface area contributed by atoms with Crippen molar-refractivity contribution in [2.75, 3.05) is 50.2 Å². The topological polar surface area (TPSA) is 59.1 Å². The molecule has 2 rings (SSSR count). The molecule has 0 heterocycles. The molecular weight excluding hydrogens is 356 g/mol. The number of carbonyl (C=O) groups excluding carboxylic acids is 2. The van der Waals surface area contributed by atoms with Crippen molar-refractivity contribution in [3.8, 4) is 0 Å². The maximum Gasteiger partial charge on any atom is 0.331 e. The first kappa shape index (κ1) is 21.0. The quantitative estimate of drug-likeness (QED) is 0.465. The second-order valence-corrected chi connectivity index (χ2v) is 6.18. The van der Waals surface area contributed by atoms with Crippen LogP contribution in [0.4, 0.5) is 11.4 Å². The van der Waals surface area contributed by atoms with Gasteiger partial charge >= 0.3 is 11.9 Å². The Morgan fingerprint density at radius 3 is 1.43 bits per heavy atom. The number of hydrogen-bond donors (Lipinski definition) is 0. The summed E-state index contributed by atoms with van der Waals surface area (Å²) in [7, 11) is 3.84. The summed E-state index contributed by atoms with van der Waals surface area (Å²) < 4.78 is 10.2. The molecular formula is C22H26N2O4. The molecule has 0 N–H and O–H groups in total. The summed E-state index contributed by atoms with van der Waals surface area (Å²) in [5, 5.41) is 0. The summed E-state index contributed by atoms with van der Waals surface area (Å²) in [6.07, 6.45) is 2.18. The van der Waals surface area contributed by atoms with E-state index in [-0.39, 0.29) is 13.2 Å². The highest BCUT2D eigenvalue weighted by Crippen LogP contribution is 2.11. The van der Waals surface area contributed by atoms with Crippen LogP contribution in [-0.2, 0) is 19.1 Å². The van der Waals surface area contributed by atoms with Crippen molar-refractivity contribution in [2.24, 2.45) is 0 Å². The van der Waals surface area contributed by atoms with Crippen LogP contribution in [0.1, 0.15) is 0 Å². The zero-order valence-corrected chi connectivity index (χ0v) is 16.3. The van der Waals surface area contributed by atoms with E-state index in [2.05, 4.69) is 0 Å². The summed E-state index contributed by atoms with van der Waals surface area (Å²) in [6.45, 7) is 1.57. The van der Waals surface area contributed by atoms with Gasteiger partial charge in [0, 0.05) is 37.6 Å². The summed E-state index contributed by atoms with van der Waals surface area (Å²) in [4.78, 5) is 27.3. The molecule has 0 aliphatic heterocycles. The van der Waals surface area contributed by atoms with Gasteiger partial charge < -0.3 is 19.3 Å². The lowest BCUT2D eigenvalue weighted by atomic mass is 10.3. The van der Waals surface area contributed by atoms with Gasteiger partial charge in [-0.25, -0.2) is 9.59 Å². The van der Waals surface area contributed by atoms with Crippen LogP contribution in [0.2, 0.25) is 0 Å². The lowest BCUT2D eigenvalue weighted by molar-refractivity contribution is -0.140. The van der Waals surface area contributed by atoms with E-state index >= 15 is 0 Å². The Balaban J connectivity index is 1.61. The van der Waals surface area contributed by atoms with Crippen LogP contribution in [0.25, 0.3) is 0 Å². The van der Waals surface area contributed by atoms with Crippen LogP contribution in [0, 0.1) is 0 Å². The third-order valence-corrected chi connectivity index (χ3v) is 4.09. The van der Waals surface area contributed by atoms with Crippen LogP contribution < -0.4 is 9.80 Å². The fourth-order valence-corrected chi connectivity index (χ4v) is 2.42. The molecule has 6 nitrogen and oxygen atoms in total. The third kappa shape index (κ3) is 7.53. The number of ether oxygens (including phenoxy) is 2. The number of hydrogen-bond acceptors (Lipinski definition) is 6. The lowest BCUT2D eigenvalue weighted by Crippen LogP contribution is -2.24. The Morgan fingerprint density at radius 2 is 1.07 bits per heavy atom. The Kier molecular flexibility index (Phi) is 8.59. The summed E-state index contributed by atoms with van der Waals surface area (Å²) in [6, 6.07) is 19.6. The molecule has 0 fully saturated rings. The van der Waals surface area contributed by atoms with Gasteiger partial charge in [-0.05, 0) is 24.3 Å². The predicted molar refractivity (Wildman–Crippen MR) is 110 cm³/mol. The molecule has 0 amide bonds. The van der Waals surface area contributed by atoms with Gasteiger partial charge in [-0.1, -0.05) is 36.4 Å². The van der Waals surface area contributed by atoms with Gasteiger partial charge in [0.25, 0.3) is 0 Å². The molecule has 2 aromatic rings. The normalized spacial score (nSPS) is 10.5. The van der Waals surface area contributed by atoms with Gasteiger partial charge in [-0.2, -0.15) is 0 Å². The third-order valence-electron chi connectivity index (χ3n) is 4.09. The van der Waals surface area contributed by atoms with E-state index in [1.54, 1.807) is 0 Å². The molecule has 0 unspecified atom stereocenters. The Labute approximate surface area is 166 Å². The van der Waals surface area contributed by atoms with Crippen molar-refractivity contribution < 1.29 is 19.1 Å². The van der Waals surface area contributed by atoms with Gasteiger partial charge in [-0.15, -0.1) is 0 Å². The van der Waals surface area contributed by atoms with Crippen LogP contribution in [0.5, 0.6) is 0 Å². The van der Waals surface area contributed by atoms with Crippen molar-refractivity contribution in [3.05, 3.63) is 72.8 Å². The smallest absolute Gasteiger partial charge is 0.331 e. The lowest BCUT2D eigenvalue weighted by Gasteiger charge is -2.18. The van der Waals surface area contributed by atoms with Gasteiger partial charge in [0.15, 0.2) is 0 Å². The summed E-state index contributed by atoms with van der Waals surface area (Å²) in [5.41, 5.74) is 2.08. The van der Waals surface area contributed by atoms with Gasteiger partial charge in [0.2, 0.25) is 0 Å². The van der Waals surface area contributed by atoms with E-state index in [0.717, 1.165) is 23.5 Å². The van der Waals surface area contributed by atoms with Gasteiger partial charge in [0.05, 0.1) is 13.1 Å². The number of rotatable bonds is 10. The number of nitrogens with zero attached hydrogens (tertiary/aromatic N) is 2. The van der Waals surface area contributed by atoms with Crippen LogP contribution in [0.3, 0.4) is 0 Å². The molecule has 0 saturated heterocycles. The Bertz CT molecular complexity index is 697. The molecule has 28 heavy (non-hydrogen) atoms. The number of para-hydroxylation sites is 2. The second kappa shape index (κ2) is 11.4. The fourth-order valence-electron chi connectivity index (χ4n) is 2.42. The summed E-state index contributed by atoms with van der Waals surface area (Å²) >= 11 is 0. The van der Waals surface area contributed by atoms with Crippen LogP contribution >= 0.6 is 0 Å². The SMILES string of the molecule is CN(CCOC(=O)/C=C/C(=O)OCCN(C)c1ccccc1)c1ccccc1. The van der Waals surface area contributed by atoms with Crippen molar-refractivity contribution in [3.63, 3.8) is 0 Å². The van der Waals surface area contributed by atoms with E-state index in [1.165, 1.54) is 0 Å². The molecule has 0 atom stereocenters. The van der Waals surface area contributed by atoms with E-state index in [9.17, 15) is 9.59 Å². The van der Waals surface area contributed by atoms with E-state index in [1.807, 2.05) is 84.6 Å². The summed E-state index contributed by atoms with van der Waals surface area (Å²) in [5.74, 6) is -1.14. The first-order valence-electron chi connectivity index (χ1n) is 9.10. The van der Waals surface area contributed by atoms with E-state index in [0.29, 0.717) is 13.1 Å². The average Bonchev–Trinajstić information content (AvgIpc) is 2.73. The highest BCUT2D eigenvalue weighted by molar-refractivity contribution is 5.91. The number of esters is 2. The molecule has 0 saturated carbocycles. The first-order chi connectivity index (χ1) is 13.6. The number of likely N-dealkylation sites (N-methyl/N-ethyl adjacent to an activating group) is 2. The first-order valence-corrected chi connectivity index (χ1v) is 9.10. The van der Waals surface area contributed by atoms with Crippen LogP contribution in [-0.4, -0.2) is 52.3 Å². The molecule has 6 heteroatoms. The van der Waals surface area contributed by atoms with Crippen molar-refractivity contribution in [2.45, 2.75) is 0 Å². The zero-order chi connectivity index (χ0) is 20.2. The molecule has 0 aromatic heterocycles. The maximum absolute atomic E-state index is 11.7. The van der Waals surface area contributed by atoms with Crippen molar-refractivity contribution >= 4 is 23.3 Å². The Hall–Kier alpha value is -3.28. The van der Waals surface area contributed by atoms with Crippen molar-refractivity contribution in [1.82, 2.24) is 0 Å². The highest BCUT2D eigenvalue weighted by atomic mass is 16.5. The maximum atomic E-state index is 11.7. The number of anilines is 2. The number of carbonyl (C=O) groups is 2. The molecule has 0 bridgehead atoms. The largest absolute Gasteiger partial charge is 0.461 e. The van der Waals surface area contributed by atoms with E-state index in [4.69, 9.17) is 9.47 Å². The zero-order valence-electron chi connectivity index (χ0n) is 16.3. The fraction of sp³-hybridized carbons (Fsp3) is 0.273.